The lowest BCUT2D eigenvalue weighted by molar-refractivity contribution is 0.0604. The predicted molar refractivity (Wildman–Crippen MR) is 90.6 cm³/mol. The van der Waals surface area contributed by atoms with E-state index in [0.717, 1.165) is 0 Å². The van der Waals surface area contributed by atoms with Crippen LogP contribution in [0.1, 0.15) is 10.4 Å². The smallest absolute Gasteiger partial charge is 0.342 e. The van der Waals surface area contributed by atoms with Crippen molar-refractivity contribution in [2.24, 2.45) is 0 Å². The molecule has 0 spiro atoms. The molecule has 2 aromatic carbocycles. The highest BCUT2D eigenvalue weighted by molar-refractivity contribution is 6.10. The van der Waals surface area contributed by atoms with Crippen molar-refractivity contribution in [2.45, 2.75) is 0 Å². The van der Waals surface area contributed by atoms with E-state index in [4.69, 9.17) is 4.74 Å². The van der Waals surface area contributed by atoms with Gasteiger partial charge in [0.2, 0.25) is 0 Å². The lowest BCUT2D eigenvalue weighted by Gasteiger charge is -2.12. The van der Waals surface area contributed by atoms with Gasteiger partial charge in [-0.1, -0.05) is 30.3 Å². The number of H-pyrrole nitrogens is 1. The van der Waals surface area contributed by atoms with Crippen molar-refractivity contribution >= 4 is 33.3 Å². The first kappa shape index (κ1) is 14.2. The second-order valence-corrected chi connectivity index (χ2v) is 5.37. The van der Waals surface area contributed by atoms with Gasteiger partial charge in [-0.05, 0) is 18.2 Å². The van der Waals surface area contributed by atoms with Crippen LogP contribution in [0, 0.1) is 0 Å². The summed E-state index contributed by atoms with van der Waals surface area (Å²) in [7, 11) is 1.26. The van der Waals surface area contributed by atoms with Gasteiger partial charge in [-0.15, -0.1) is 0 Å². The van der Waals surface area contributed by atoms with Crippen LogP contribution in [-0.4, -0.2) is 22.5 Å². The molecule has 0 amide bonds. The summed E-state index contributed by atoms with van der Waals surface area (Å²) in [6.07, 6.45) is 0. The van der Waals surface area contributed by atoms with Crippen molar-refractivity contribution in [1.82, 2.24) is 9.38 Å². The predicted octanol–water partition coefficient (Wildman–Crippen LogP) is 2.08. The number of benzene rings is 2. The van der Waals surface area contributed by atoms with Crippen LogP contribution in [-0.2, 0) is 4.74 Å². The Morgan fingerprint density at radius 3 is 2.29 bits per heavy atom. The monoisotopic (exact) mass is 320 g/mol. The molecule has 2 aromatic heterocycles. The zero-order valence-corrected chi connectivity index (χ0v) is 12.7. The van der Waals surface area contributed by atoms with Crippen LogP contribution in [0.2, 0.25) is 0 Å². The van der Waals surface area contributed by atoms with Gasteiger partial charge in [0.1, 0.15) is 11.2 Å². The minimum Gasteiger partial charge on any atom is -0.465 e. The number of aromatic nitrogens is 2. The number of rotatable bonds is 1. The summed E-state index contributed by atoms with van der Waals surface area (Å²) in [4.78, 5) is 40.3. The fourth-order valence-electron chi connectivity index (χ4n) is 3.04. The van der Waals surface area contributed by atoms with Gasteiger partial charge < -0.3 is 9.72 Å². The molecule has 4 rings (SSSR count). The summed E-state index contributed by atoms with van der Waals surface area (Å²) in [6.45, 7) is 0. The van der Waals surface area contributed by atoms with Crippen LogP contribution in [0.5, 0.6) is 0 Å². The summed E-state index contributed by atoms with van der Waals surface area (Å²) < 4.78 is 6.22. The average molecular weight is 320 g/mol. The number of carbonyl (C=O) groups is 1. The Morgan fingerprint density at radius 2 is 1.58 bits per heavy atom. The molecule has 0 aliphatic rings. The lowest BCUT2D eigenvalue weighted by Crippen LogP contribution is -2.23. The molecular formula is C18H12N2O4. The molecular weight excluding hydrogens is 308 g/mol. The minimum absolute atomic E-state index is 0.134. The van der Waals surface area contributed by atoms with E-state index in [1.807, 2.05) is 0 Å². The molecule has 118 valence electrons. The second-order valence-electron chi connectivity index (χ2n) is 5.37. The largest absolute Gasteiger partial charge is 0.465 e. The fourth-order valence-corrected chi connectivity index (χ4v) is 3.04. The van der Waals surface area contributed by atoms with Crippen molar-refractivity contribution in [3.63, 3.8) is 0 Å². The normalized spacial score (nSPS) is 11.2. The van der Waals surface area contributed by atoms with Crippen LogP contribution < -0.4 is 11.1 Å². The van der Waals surface area contributed by atoms with Crippen LogP contribution in [0.15, 0.2) is 58.1 Å². The SMILES string of the molecule is COC(=O)c1c2ccccc2c(=O)n2c1[nH]c(=O)c1ccccc12. The Morgan fingerprint density at radius 1 is 0.958 bits per heavy atom. The summed E-state index contributed by atoms with van der Waals surface area (Å²) >= 11 is 0. The molecule has 0 saturated heterocycles. The maximum atomic E-state index is 13.0. The van der Waals surface area contributed by atoms with E-state index in [1.165, 1.54) is 11.5 Å². The maximum absolute atomic E-state index is 13.0. The molecule has 0 bridgehead atoms. The number of esters is 1. The van der Waals surface area contributed by atoms with Gasteiger partial charge in [-0.25, -0.2) is 4.79 Å². The molecule has 0 aliphatic heterocycles. The number of nitrogens with one attached hydrogen (secondary N) is 1. The Labute approximate surface area is 134 Å². The zero-order chi connectivity index (χ0) is 16.8. The van der Waals surface area contributed by atoms with E-state index in [9.17, 15) is 14.4 Å². The van der Waals surface area contributed by atoms with E-state index in [2.05, 4.69) is 4.98 Å². The van der Waals surface area contributed by atoms with Gasteiger partial charge in [0.15, 0.2) is 0 Å². The third-order valence-corrected chi connectivity index (χ3v) is 4.10. The van der Waals surface area contributed by atoms with Gasteiger partial charge >= 0.3 is 5.97 Å². The molecule has 0 fully saturated rings. The summed E-state index contributed by atoms with van der Waals surface area (Å²) in [5, 5.41) is 1.20. The highest BCUT2D eigenvalue weighted by atomic mass is 16.5. The number of hydrogen-bond donors (Lipinski definition) is 1. The first-order chi connectivity index (χ1) is 11.6. The summed E-state index contributed by atoms with van der Waals surface area (Å²) in [5.41, 5.74) is 0.0631. The van der Waals surface area contributed by atoms with Crippen LogP contribution in [0.3, 0.4) is 0 Å². The Hall–Kier alpha value is -3.41. The molecule has 24 heavy (non-hydrogen) atoms. The van der Waals surface area contributed by atoms with Crippen LogP contribution in [0.4, 0.5) is 0 Å². The Balaban J connectivity index is 2.43. The third-order valence-electron chi connectivity index (χ3n) is 4.10. The topological polar surface area (TPSA) is 80.6 Å². The molecule has 0 aliphatic carbocycles. The number of hydrogen-bond acceptors (Lipinski definition) is 4. The number of fused-ring (bicyclic) bond motifs is 4. The standard InChI is InChI=1S/C18H12N2O4/c1-24-18(23)14-10-6-2-3-7-11(10)17(22)20-13-9-5-4-8-12(13)16(21)19-15(14)20/h2-9H,1H3,(H,19,21). The van der Waals surface area contributed by atoms with E-state index in [0.29, 0.717) is 21.7 Å². The maximum Gasteiger partial charge on any atom is 0.342 e. The first-order valence-electron chi connectivity index (χ1n) is 7.30. The van der Waals surface area contributed by atoms with Gasteiger partial charge in [-0.3, -0.25) is 14.0 Å². The van der Waals surface area contributed by atoms with E-state index < -0.39 is 5.97 Å². The number of methoxy groups -OCH3 is 1. The van der Waals surface area contributed by atoms with Crippen molar-refractivity contribution in [2.75, 3.05) is 7.11 Å². The molecule has 0 atom stereocenters. The molecule has 0 radical (unpaired) electrons. The number of nitrogens with zero attached hydrogens (tertiary/aromatic N) is 1. The van der Waals surface area contributed by atoms with Crippen molar-refractivity contribution in [3.8, 4) is 0 Å². The molecule has 0 unspecified atom stereocenters. The molecule has 6 nitrogen and oxygen atoms in total. The highest BCUT2D eigenvalue weighted by Crippen LogP contribution is 2.22. The third kappa shape index (κ3) is 1.80. The second kappa shape index (κ2) is 5.06. The average Bonchev–Trinajstić information content (AvgIpc) is 2.61. The van der Waals surface area contributed by atoms with Gasteiger partial charge in [-0.2, -0.15) is 0 Å². The van der Waals surface area contributed by atoms with Gasteiger partial charge in [0.05, 0.1) is 18.0 Å². The fraction of sp³-hybridized carbons (Fsp3) is 0.0556. The minimum atomic E-state index is -0.616. The van der Waals surface area contributed by atoms with Crippen molar-refractivity contribution in [1.29, 1.82) is 0 Å². The Bertz CT molecular complexity index is 1250. The van der Waals surface area contributed by atoms with E-state index in [1.54, 1.807) is 48.5 Å². The van der Waals surface area contributed by atoms with Crippen LogP contribution >= 0.6 is 0 Å². The molecule has 0 saturated carbocycles. The quantitative estimate of drug-likeness (QED) is 0.331. The molecule has 4 aromatic rings. The van der Waals surface area contributed by atoms with Gasteiger partial charge in [0.25, 0.3) is 11.1 Å². The first-order valence-corrected chi connectivity index (χ1v) is 7.30. The molecule has 6 heteroatoms. The molecule has 2 heterocycles. The van der Waals surface area contributed by atoms with Crippen molar-refractivity contribution in [3.05, 3.63) is 74.8 Å². The van der Waals surface area contributed by atoms with Gasteiger partial charge in [0, 0.05) is 10.8 Å². The van der Waals surface area contributed by atoms with E-state index >= 15 is 0 Å². The zero-order valence-electron chi connectivity index (χ0n) is 12.7. The number of ether oxygens (including phenoxy) is 1. The molecule has 1 N–H and O–H groups in total. The number of aromatic amines is 1. The number of pyridine rings is 1. The number of carbonyl (C=O) groups excluding carboxylic acids is 1. The Kier molecular flexibility index (Phi) is 2.99. The highest BCUT2D eigenvalue weighted by Gasteiger charge is 2.20. The summed E-state index contributed by atoms with van der Waals surface area (Å²) in [6, 6.07) is 13.5. The summed E-state index contributed by atoms with van der Waals surface area (Å²) in [5.74, 6) is -0.616. The number of para-hydroxylation sites is 1. The van der Waals surface area contributed by atoms with Crippen LogP contribution in [0.25, 0.3) is 27.3 Å². The van der Waals surface area contributed by atoms with Crippen molar-refractivity contribution < 1.29 is 9.53 Å². The lowest BCUT2D eigenvalue weighted by atomic mass is 10.1. The van der Waals surface area contributed by atoms with E-state index in [-0.39, 0.29) is 22.3 Å².